The Balaban J connectivity index is 1.57. The highest BCUT2D eigenvalue weighted by atomic mass is 32.1. The molecule has 0 fully saturated rings. The van der Waals surface area contributed by atoms with E-state index < -0.39 is 0 Å². The Labute approximate surface area is 116 Å². The fourth-order valence-electron chi connectivity index (χ4n) is 2.25. The molecule has 3 rings (SSSR count). The van der Waals surface area contributed by atoms with Gasteiger partial charge in [0.1, 0.15) is 5.75 Å². The first-order chi connectivity index (χ1) is 9.33. The third-order valence-electron chi connectivity index (χ3n) is 3.29. The molecule has 1 N–H and O–H groups in total. The minimum absolute atomic E-state index is 0.000101. The van der Waals surface area contributed by atoms with Gasteiger partial charge in [-0.1, -0.05) is 18.2 Å². The van der Waals surface area contributed by atoms with Crippen LogP contribution >= 0.6 is 11.3 Å². The van der Waals surface area contributed by atoms with Crippen molar-refractivity contribution in [2.24, 2.45) is 5.92 Å². The molecule has 1 unspecified atom stereocenters. The van der Waals surface area contributed by atoms with Crippen molar-refractivity contribution >= 4 is 17.2 Å². The highest BCUT2D eigenvalue weighted by molar-refractivity contribution is 7.08. The summed E-state index contributed by atoms with van der Waals surface area (Å²) in [5.41, 5.74) is 1.96. The summed E-state index contributed by atoms with van der Waals surface area (Å²) in [6.45, 7) is 1.32. The maximum absolute atomic E-state index is 11.8. The van der Waals surface area contributed by atoms with Gasteiger partial charge in [0.25, 0.3) is 5.91 Å². The van der Waals surface area contributed by atoms with Crippen LogP contribution in [0.25, 0.3) is 0 Å². The Hall–Kier alpha value is -1.81. The SMILES string of the molecule is O=C(NCC1COc2ccccc2C1)c1ccsc1. The summed E-state index contributed by atoms with van der Waals surface area (Å²) < 4.78 is 5.71. The topological polar surface area (TPSA) is 38.3 Å². The molecular formula is C15H15NO2S. The molecule has 0 bridgehead atoms. The van der Waals surface area contributed by atoms with Crippen LogP contribution in [0.2, 0.25) is 0 Å². The van der Waals surface area contributed by atoms with Gasteiger partial charge in [0.05, 0.1) is 6.61 Å². The Bertz CT molecular complexity index is 565. The molecule has 0 saturated carbocycles. The minimum Gasteiger partial charge on any atom is -0.493 e. The molecule has 4 heteroatoms. The second-order valence-electron chi connectivity index (χ2n) is 4.71. The molecule has 1 aliphatic rings. The maximum Gasteiger partial charge on any atom is 0.252 e. The lowest BCUT2D eigenvalue weighted by Gasteiger charge is -2.25. The lowest BCUT2D eigenvalue weighted by atomic mass is 9.97. The van der Waals surface area contributed by atoms with Crippen LogP contribution in [0.15, 0.2) is 41.1 Å². The number of nitrogens with one attached hydrogen (secondary N) is 1. The van der Waals surface area contributed by atoms with Crippen LogP contribution in [0.3, 0.4) is 0 Å². The standard InChI is InChI=1S/C15H15NO2S/c17-15(13-5-6-19-10-13)16-8-11-7-12-3-1-2-4-14(12)18-9-11/h1-6,10-11H,7-9H2,(H,16,17). The van der Waals surface area contributed by atoms with Crippen molar-refractivity contribution in [1.29, 1.82) is 0 Å². The first-order valence-electron chi connectivity index (χ1n) is 6.34. The van der Waals surface area contributed by atoms with E-state index in [9.17, 15) is 4.79 Å². The van der Waals surface area contributed by atoms with Gasteiger partial charge in [0.2, 0.25) is 0 Å². The van der Waals surface area contributed by atoms with Crippen LogP contribution in [-0.4, -0.2) is 19.1 Å². The monoisotopic (exact) mass is 273 g/mol. The molecule has 0 radical (unpaired) electrons. The van der Waals surface area contributed by atoms with Gasteiger partial charge in [-0.15, -0.1) is 0 Å². The fourth-order valence-corrected chi connectivity index (χ4v) is 2.89. The fraction of sp³-hybridized carbons (Fsp3) is 0.267. The zero-order valence-corrected chi connectivity index (χ0v) is 11.3. The molecule has 0 aliphatic carbocycles. The predicted molar refractivity (Wildman–Crippen MR) is 75.8 cm³/mol. The van der Waals surface area contributed by atoms with E-state index >= 15 is 0 Å². The van der Waals surface area contributed by atoms with Gasteiger partial charge in [-0.3, -0.25) is 4.79 Å². The molecule has 1 aromatic carbocycles. The highest BCUT2D eigenvalue weighted by Gasteiger charge is 2.20. The molecule has 2 heterocycles. The molecule has 19 heavy (non-hydrogen) atoms. The van der Waals surface area contributed by atoms with Crippen molar-refractivity contribution in [3.05, 3.63) is 52.2 Å². The lowest BCUT2D eigenvalue weighted by molar-refractivity contribution is 0.0939. The van der Waals surface area contributed by atoms with E-state index in [4.69, 9.17) is 4.74 Å². The minimum atomic E-state index is 0.000101. The van der Waals surface area contributed by atoms with Gasteiger partial charge >= 0.3 is 0 Å². The van der Waals surface area contributed by atoms with Gasteiger partial charge < -0.3 is 10.1 Å². The van der Waals surface area contributed by atoms with Crippen molar-refractivity contribution < 1.29 is 9.53 Å². The van der Waals surface area contributed by atoms with E-state index in [2.05, 4.69) is 11.4 Å². The first kappa shape index (κ1) is 12.2. The molecule has 1 amide bonds. The molecule has 1 aliphatic heterocycles. The Kier molecular flexibility index (Phi) is 3.51. The van der Waals surface area contributed by atoms with Crippen LogP contribution in [0.4, 0.5) is 0 Å². The molecule has 3 nitrogen and oxygen atoms in total. The summed E-state index contributed by atoms with van der Waals surface area (Å²) in [4.78, 5) is 11.8. The highest BCUT2D eigenvalue weighted by Crippen LogP contribution is 2.26. The van der Waals surface area contributed by atoms with E-state index in [0.29, 0.717) is 19.1 Å². The van der Waals surface area contributed by atoms with Crippen molar-refractivity contribution in [3.8, 4) is 5.75 Å². The Morgan fingerprint density at radius 3 is 3.11 bits per heavy atom. The van der Waals surface area contributed by atoms with Crippen LogP contribution in [0.5, 0.6) is 5.75 Å². The van der Waals surface area contributed by atoms with Crippen molar-refractivity contribution in [1.82, 2.24) is 5.32 Å². The summed E-state index contributed by atoms with van der Waals surface area (Å²) in [5.74, 6) is 1.32. The van der Waals surface area contributed by atoms with E-state index in [1.165, 1.54) is 16.9 Å². The number of carbonyl (C=O) groups excluding carboxylic acids is 1. The summed E-state index contributed by atoms with van der Waals surface area (Å²) in [7, 11) is 0. The first-order valence-corrected chi connectivity index (χ1v) is 7.28. The molecular weight excluding hydrogens is 258 g/mol. The van der Waals surface area contributed by atoms with Gasteiger partial charge in [-0.2, -0.15) is 11.3 Å². The quantitative estimate of drug-likeness (QED) is 0.934. The molecule has 2 aromatic rings. The molecule has 0 saturated heterocycles. The number of ether oxygens (including phenoxy) is 1. The van der Waals surface area contributed by atoms with Crippen molar-refractivity contribution in [3.63, 3.8) is 0 Å². The van der Waals surface area contributed by atoms with Crippen molar-refractivity contribution in [2.75, 3.05) is 13.2 Å². The van der Waals surface area contributed by atoms with Gasteiger partial charge in [0.15, 0.2) is 0 Å². The Morgan fingerprint density at radius 1 is 1.37 bits per heavy atom. The lowest BCUT2D eigenvalue weighted by Crippen LogP contribution is -2.34. The number of amides is 1. The number of benzene rings is 1. The second-order valence-corrected chi connectivity index (χ2v) is 5.49. The van der Waals surface area contributed by atoms with E-state index in [-0.39, 0.29) is 5.91 Å². The second kappa shape index (κ2) is 5.45. The largest absolute Gasteiger partial charge is 0.493 e. The smallest absolute Gasteiger partial charge is 0.252 e. The van der Waals surface area contributed by atoms with Gasteiger partial charge in [-0.05, 0) is 29.5 Å². The zero-order chi connectivity index (χ0) is 13.1. The number of rotatable bonds is 3. The Morgan fingerprint density at radius 2 is 2.26 bits per heavy atom. The molecule has 1 atom stereocenters. The molecule has 0 spiro atoms. The van der Waals surface area contributed by atoms with Crippen LogP contribution in [0.1, 0.15) is 15.9 Å². The normalized spacial score (nSPS) is 17.4. The summed E-state index contributed by atoms with van der Waals surface area (Å²) in [5, 5.41) is 6.75. The maximum atomic E-state index is 11.8. The summed E-state index contributed by atoms with van der Waals surface area (Å²) in [6.07, 6.45) is 0.958. The summed E-state index contributed by atoms with van der Waals surface area (Å²) >= 11 is 1.53. The van der Waals surface area contributed by atoms with Crippen LogP contribution in [0, 0.1) is 5.92 Å². The van der Waals surface area contributed by atoms with Crippen LogP contribution < -0.4 is 10.1 Å². The number of carbonyl (C=O) groups is 1. The van der Waals surface area contributed by atoms with E-state index in [1.54, 1.807) is 0 Å². The van der Waals surface area contributed by atoms with Gasteiger partial charge in [-0.25, -0.2) is 0 Å². The zero-order valence-electron chi connectivity index (χ0n) is 10.5. The average molecular weight is 273 g/mol. The number of hydrogen-bond donors (Lipinski definition) is 1. The third-order valence-corrected chi connectivity index (χ3v) is 3.97. The number of thiophene rings is 1. The molecule has 98 valence electrons. The predicted octanol–water partition coefficient (Wildman–Crippen LogP) is 2.73. The number of para-hydroxylation sites is 1. The third kappa shape index (κ3) is 2.79. The van der Waals surface area contributed by atoms with E-state index in [1.807, 2.05) is 35.0 Å². The number of hydrogen-bond acceptors (Lipinski definition) is 3. The average Bonchev–Trinajstić information content (AvgIpc) is 2.99. The molecule has 1 aromatic heterocycles. The number of fused-ring (bicyclic) bond motifs is 1. The van der Waals surface area contributed by atoms with Gasteiger partial charge in [0, 0.05) is 23.4 Å². The summed E-state index contributed by atoms with van der Waals surface area (Å²) in [6, 6.07) is 9.93. The van der Waals surface area contributed by atoms with Crippen molar-refractivity contribution in [2.45, 2.75) is 6.42 Å². The van der Waals surface area contributed by atoms with Crippen LogP contribution in [-0.2, 0) is 6.42 Å². The van der Waals surface area contributed by atoms with E-state index in [0.717, 1.165) is 17.7 Å².